The quantitative estimate of drug-likeness (QED) is 0.473. The van der Waals surface area contributed by atoms with Gasteiger partial charge in [0.15, 0.2) is 16.3 Å². The SMILES string of the molecule is N#COBr.[Ba+2].[H-].[H-]. The smallest absolute Gasteiger partial charge is 1.00 e. The number of halogens is 1. The van der Waals surface area contributed by atoms with Crippen LogP contribution in [0.3, 0.4) is 0 Å². The third kappa shape index (κ3) is 10.9. The molecule has 0 fully saturated rings. The first-order valence-corrected chi connectivity index (χ1v) is 1.23. The fourth-order valence-corrected chi connectivity index (χ4v) is 0. The van der Waals surface area contributed by atoms with Crippen LogP contribution in [0.15, 0.2) is 0 Å². The molecule has 4 heteroatoms. The minimum Gasteiger partial charge on any atom is -1.00 e. The van der Waals surface area contributed by atoms with Crippen molar-refractivity contribution >= 4 is 65.1 Å². The van der Waals surface area contributed by atoms with Crippen LogP contribution < -0.4 is 0 Å². The Hall–Kier alpha value is 1.34. The van der Waals surface area contributed by atoms with Gasteiger partial charge in [0, 0.05) is 0 Å². The summed E-state index contributed by atoms with van der Waals surface area (Å²) in [4.78, 5) is 0. The third-order valence-corrected chi connectivity index (χ3v) is 0.179. The molecule has 0 saturated carbocycles. The van der Waals surface area contributed by atoms with E-state index in [1.165, 1.54) is 6.26 Å². The van der Waals surface area contributed by atoms with Crippen LogP contribution in [0, 0.1) is 11.5 Å². The molecule has 0 aliphatic carbocycles. The van der Waals surface area contributed by atoms with E-state index in [0.717, 1.165) is 0 Å². The van der Waals surface area contributed by atoms with Crippen molar-refractivity contribution in [2.24, 2.45) is 0 Å². The maximum absolute atomic E-state index is 7.36. The Morgan fingerprint density at radius 1 is 2.00 bits per heavy atom. The van der Waals surface area contributed by atoms with Gasteiger partial charge in [-0.25, -0.2) is 0 Å². The van der Waals surface area contributed by atoms with E-state index in [2.05, 4.69) is 20.1 Å². The van der Waals surface area contributed by atoms with Crippen LogP contribution in [-0.2, 0) is 3.83 Å². The fourth-order valence-electron chi connectivity index (χ4n) is 0. The molecule has 0 amide bonds. The van der Waals surface area contributed by atoms with E-state index in [4.69, 9.17) is 5.26 Å². The summed E-state index contributed by atoms with van der Waals surface area (Å²) in [6, 6.07) is 0. The third-order valence-electron chi connectivity index (χ3n) is 0.0345. The zero-order valence-corrected chi connectivity index (χ0v) is 8.47. The van der Waals surface area contributed by atoms with E-state index < -0.39 is 0 Å². The van der Waals surface area contributed by atoms with Crippen LogP contribution in [0.4, 0.5) is 0 Å². The van der Waals surface area contributed by atoms with Gasteiger partial charge < -0.3 is 6.68 Å². The molecule has 26 valence electrons. The van der Waals surface area contributed by atoms with Gasteiger partial charge in [0.25, 0.3) is 6.26 Å². The molecule has 0 rings (SSSR count). The largest absolute Gasteiger partial charge is 2.00 e. The van der Waals surface area contributed by atoms with Crippen molar-refractivity contribution in [1.29, 1.82) is 5.26 Å². The second-order valence-corrected chi connectivity index (χ2v) is 0.492. The summed E-state index contributed by atoms with van der Waals surface area (Å²) in [5.41, 5.74) is 0. The molecule has 0 saturated heterocycles. The van der Waals surface area contributed by atoms with Gasteiger partial charge in [-0.3, -0.25) is 0 Å². The first kappa shape index (κ1) is 9.60. The van der Waals surface area contributed by atoms with E-state index in [9.17, 15) is 0 Å². The van der Waals surface area contributed by atoms with Crippen molar-refractivity contribution in [2.75, 3.05) is 0 Å². The van der Waals surface area contributed by atoms with E-state index in [-0.39, 0.29) is 51.7 Å². The zero-order chi connectivity index (χ0) is 3.41. The first-order valence-electron chi connectivity index (χ1n) is 0.582. The molecule has 0 aromatic rings. The van der Waals surface area contributed by atoms with Crippen molar-refractivity contribution in [1.82, 2.24) is 0 Å². The van der Waals surface area contributed by atoms with Gasteiger partial charge in [0.2, 0.25) is 0 Å². The molecular formula is CH2BaBrNO. The Kier molecular flexibility index (Phi) is 17.3. The first-order chi connectivity index (χ1) is 1.91. The molecule has 0 aliphatic rings. The molecule has 0 aliphatic heterocycles. The van der Waals surface area contributed by atoms with Gasteiger partial charge in [-0.1, -0.05) is 0 Å². The fraction of sp³-hybridized carbons (Fsp3) is 0. The molecule has 0 aromatic heterocycles. The van der Waals surface area contributed by atoms with Gasteiger partial charge in [-0.2, -0.15) is 0 Å². The van der Waals surface area contributed by atoms with Gasteiger partial charge >= 0.3 is 48.9 Å². The molecule has 0 heterocycles. The Bertz CT molecular complexity index is 47.4. The van der Waals surface area contributed by atoms with Gasteiger partial charge in [0.1, 0.15) is 0 Å². The number of hydrogen-bond donors (Lipinski definition) is 0. The van der Waals surface area contributed by atoms with Crippen LogP contribution in [0.25, 0.3) is 0 Å². The van der Waals surface area contributed by atoms with Crippen LogP contribution >= 0.6 is 16.3 Å². The van der Waals surface area contributed by atoms with Crippen LogP contribution in [0.1, 0.15) is 2.85 Å². The predicted octanol–water partition coefficient (Wildman–Crippen LogP) is 0.638. The summed E-state index contributed by atoms with van der Waals surface area (Å²) in [6.45, 7) is 0. The molecule has 0 N–H and O–H groups in total. The molecular weight excluding hydrogens is 259 g/mol. The Morgan fingerprint density at radius 2 is 2.20 bits per heavy atom. The zero-order valence-electron chi connectivity index (χ0n) is 4.44. The van der Waals surface area contributed by atoms with Crippen molar-refractivity contribution in [3.05, 3.63) is 0 Å². The van der Waals surface area contributed by atoms with Gasteiger partial charge in [-0.05, 0) is 0 Å². The standard InChI is InChI=1S/CBrNO.Ba.2H/c2-4-1-3;;;/q;+2;2*-1. The summed E-state index contributed by atoms with van der Waals surface area (Å²) >= 11 is 2.39. The molecule has 5 heavy (non-hydrogen) atoms. The molecule has 0 bridgehead atoms. The Balaban J connectivity index is -0.0000000150. The average Bonchev–Trinajstić information content (AvgIpc) is 1.37. The van der Waals surface area contributed by atoms with Crippen molar-refractivity contribution in [3.63, 3.8) is 0 Å². The van der Waals surface area contributed by atoms with Crippen molar-refractivity contribution in [2.45, 2.75) is 0 Å². The molecule has 0 radical (unpaired) electrons. The summed E-state index contributed by atoms with van der Waals surface area (Å²) in [6.07, 6.45) is 1.35. The van der Waals surface area contributed by atoms with E-state index in [1.807, 2.05) is 0 Å². The molecule has 0 unspecified atom stereocenters. The summed E-state index contributed by atoms with van der Waals surface area (Å²) in [5, 5.41) is 7.36. The topological polar surface area (TPSA) is 33.0 Å². The number of nitrogens with zero attached hydrogens (tertiary/aromatic N) is 1. The predicted molar refractivity (Wildman–Crippen MR) is 23.6 cm³/mol. The minimum atomic E-state index is 0. The normalized spacial score (nSPS) is 3.20. The van der Waals surface area contributed by atoms with Crippen molar-refractivity contribution < 1.29 is 6.68 Å². The summed E-state index contributed by atoms with van der Waals surface area (Å²) < 4.78 is 3.66. The minimum absolute atomic E-state index is 0. The molecule has 2 nitrogen and oxygen atoms in total. The number of rotatable bonds is 0. The van der Waals surface area contributed by atoms with Crippen LogP contribution in [0.2, 0.25) is 0 Å². The maximum Gasteiger partial charge on any atom is 2.00 e. The summed E-state index contributed by atoms with van der Waals surface area (Å²) in [5.74, 6) is 0. The van der Waals surface area contributed by atoms with Crippen LogP contribution in [0.5, 0.6) is 0 Å². The monoisotopic (exact) mass is 261 g/mol. The van der Waals surface area contributed by atoms with E-state index >= 15 is 0 Å². The van der Waals surface area contributed by atoms with Gasteiger partial charge in [0.05, 0.1) is 0 Å². The Morgan fingerprint density at radius 3 is 2.20 bits per heavy atom. The molecule has 0 atom stereocenters. The summed E-state index contributed by atoms with van der Waals surface area (Å²) in [7, 11) is 0. The molecule has 0 spiro atoms. The van der Waals surface area contributed by atoms with Gasteiger partial charge in [-0.15, -0.1) is 5.26 Å². The molecule has 0 aromatic carbocycles. The second-order valence-electron chi connectivity index (χ2n) is 0.168. The van der Waals surface area contributed by atoms with Crippen LogP contribution in [-0.4, -0.2) is 48.9 Å². The Labute approximate surface area is 82.0 Å². The maximum atomic E-state index is 7.36. The van der Waals surface area contributed by atoms with E-state index in [1.54, 1.807) is 0 Å². The number of nitriles is 1. The number of hydrogen-bond acceptors (Lipinski definition) is 2. The second kappa shape index (κ2) is 9.02. The average molecular weight is 261 g/mol. The van der Waals surface area contributed by atoms with E-state index in [0.29, 0.717) is 0 Å². The van der Waals surface area contributed by atoms with Crippen molar-refractivity contribution in [3.8, 4) is 6.26 Å².